The fourth-order valence-electron chi connectivity index (χ4n) is 16.8. The number of alkyl carbamates (subject to hydrolysis) is 1. The van der Waals surface area contributed by atoms with Gasteiger partial charge in [-0.05, 0) is 250 Å². The lowest BCUT2D eigenvalue weighted by molar-refractivity contribution is -0.301. The molecular weight excluding hydrogens is 1820 g/mol. The number of aromatic nitrogens is 2. The van der Waals surface area contributed by atoms with Crippen LogP contribution in [0, 0.1) is 18.6 Å². The summed E-state index contributed by atoms with van der Waals surface area (Å²) in [6, 6.07) is 70.9. The first-order valence-electron chi connectivity index (χ1n) is 47.8. The molecule has 2 aliphatic heterocycles. The molecule has 26 nitrogen and oxygen atoms in total. The number of carbonyl (C=O) groups excluding carboxylic acids is 6. The van der Waals surface area contributed by atoms with Gasteiger partial charge in [-0.1, -0.05) is 167 Å². The molecule has 29 heteroatoms. The van der Waals surface area contributed by atoms with E-state index < -0.39 is 51.2 Å². The number of anilines is 2. The van der Waals surface area contributed by atoms with Crippen LogP contribution in [0.3, 0.4) is 0 Å². The van der Waals surface area contributed by atoms with Crippen LogP contribution in [-0.4, -0.2) is 152 Å². The van der Waals surface area contributed by atoms with Gasteiger partial charge in [0.25, 0.3) is 21.9 Å². The Morgan fingerprint density at radius 2 is 0.865 bits per heavy atom. The zero-order valence-electron chi connectivity index (χ0n) is 83.2. The monoisotopic (exact) mass is 1950 g/mol. The third-order valence-electron chi connectivity index (χ3n) is 22.5. The molecule has 2 aromatic heterocycles. The number of aryl methyl sites for hydroxylation is 1. The first-order valence-corrected chi connectivity index (χ1v) is 49.2. The Morgan fingerprint density at radius 3 is 1.30 bits per heavy atom. The number of nitrogens with one attached hydrogen (secondary N) is 3. The van der Waals surface area contributed by atoms with E-state index in [9.17, 15) is 51.1 Å². The summed E-state index contributed by atoms with van der Waals surface area (Å²) >= 11 is 0. The number of carbonyl (C=O) groups is 6. The molecule has 0 spiro atoms. The summed E-state index contributed by atoms with van der Waals surface area (Å²) in [5, 5.41) is 18.9. The van der Waals surface area contributed by atoms with Gasteiger partial charge in [-0.2, -0.15) is 8.42 Å². The van der Waals surface area contributed by atoms with Crippen molar-refractivity contribution in [2.45, 2.75) is 245 Å². The van der Waals surface area contributed by atoms with Crippen molar-refractivity contribution in [3.63, 3.8) is 0 Å². The van der Waals surface area contributed by atoms with Crippen LogP contribution in [0.15, 0.2) is 248 Å². The van der Waals surface area contributed by atoms with Crippen molar-refractivity contribution in [3.8, 4) is 56.3 Å². The van der Waals surface area contributed by atoms with Crippen molar-refractivity contribution >= 4 is 57.3 Å². The second kappa shape index (κ2) is 51.1. The Bertz CT molecular complexity index is 5990. The average molecular weight is 1960 g/mol. The molecule has 141 heavy (non-hydrogen) atoms. The zero-order chi connectivity index (χ0) is 102. The highest BCUT2D eigenvalue weighted by atomic mass is 32.2. The van der Waals surface area contributed by atoms with Gasteiger partial charge >= 0.3 is 24.0 Å². The van der Waals surface area contributed by atoms with Gasteiger partial charge in [-0.25, -0.2) is 13.6 Å². The summed E-state index contributed by atoms with van der Waals surface area (Å²) in [6.45, 7) is 31.3. The maximum Gasteiger partial charge on any atom is 0.407 e. The normalized spacial score (nSPS) is 15.6. The van der Waals surface area contributed by atoms with Crippen LogP contribution in [0.1, 0.15) is 209 Å². The van der Waals surface area contributed by atoms with E-state index in [4.69, 9.17) is 56.3 Å². The Morgan fingerprint density at radius 1 is 0.468 bits per heavy atom. The van der Waals surface area contributed by atoms with E-state index in [0.717, 1.165) is 61.7 Å². The summed E-state index contributed by atoms with van der Waals surface area (Å²) < 4.78 is 126. The summed E-state index contributed by atoms with van der Waals surface area (Å²) in [4.78, 5) is 78.5. The molecule has 13 rings (SSSR count). The van der Waals surface area contributed by atoms with Crippen molar-refractivity contribution in [2.24, 2.45) is 0 Å². The number of amides is 3. The van der Waals surface area contributed by atoms with E-state index in [1.807, 2.05) is 236 Å². The lowest BCUT2D eigenvalue weighted by atomic mass is 9.94. The molecule has 0 radical (unpaired) electrons. The van der Waals surface area contributed by atoms with Crippen LogP contribution in [0.2, 0.25) is 0 Å². The van der Waals surface area contributed by atoms with Gasteiger partial charge in [-0.15, -0.1) is 0 Å². The van der Waals surface area contributed by atoms with Gasteiger partial charge in [0.15, 0.2) is 11.6 Å². The second-order valence-corrected chi connectivity index (χ2v) is 39.7. The molecule has 0 aliphatic carbocycles. The van der Waals surface area contributed by atoms with Crippen molar-refractivity contribution < 1.29 is 107 Å². The molecule has 9 aromatic carbocycles. The number of hydrogen-bond donors (Lipinski definition) is 4. The smallest absolute Gasteiger partial charge is 0.407 e. The molecule has 0 saturated carbocycles. The van der Waals surface area contributed by atoms with Crippen LogP contribution < -0.4 is 20.7 Å². The maximum absolute atomic E-state index is 14.7. The molecule has 2 fully saturated rings. The first kappa shape index (κ1) is 109. The highest BCUT2D eigenvalue weighted by molar-refractivity contribution is 7.86. The SMILES string of the molecule is CC(C)c1c(C(=O)Nc2ccccc2)c(-c2ccc(O)cc2)c(-c2ccc(F)cc2)n1CC[C@@H]1C[C@H](CC(=O)OC(C)(C)C)OC(C)(C)O1.CC(C)c1c(C(=O)Nc2ccccc2)c(-c2ccc(OCCOCCCC(=O)OCc3ccccc3)cc2)c(-c2ccc(F)cc2)n1CC[C@@H]1C[C@H](CC(=O)OC(C)(C)C)OC(C)(C)O1.Cc1ccc(S(=O)(=O)OCCOCCNC(=O)OCc2ccccc2)cc1. The number of aromatic hydroxyl groups is 1. The Kier molecular flexibility index (Phi) is 39.4. The molecular formula is C112H133F2N5O21S. The zero-order valence-corrected chi connectivity index (χ0v) is 84.0. The molecule has 0 bridgehead atoms. The average Bonchev–Trinajstić information content (AvgIpc) is 1.59. The molecule has 2 saturated heterocycles. The predicted molar refractivity (Wildman–Crippen MR) is 538 cm³/mol. The molecule has 2 aliphatic rings. The van der Waals surface area contributed by atoms with Crippen LogP contribution in [0.5, 0.6) is 11.5 Å². The van der Waals surface area contributed by atoms with E-state index in [1.54, 1.807) is 60.7 Å². The first-order chi connectivity index (χ1) is 67.1. The van der Waals surface area contributed by atoms with Crippen LogP contribution in [0.25, 0.3) is 44.8 Å². The highest BCUT2D eigenvalue weighted by Crippen LogP contribution is 2.47. The number of esters is 3. The van der Waals surface area contributed by atoms with Crippen LogP contribution in [-0.2, 0) is 102 Å². The number of rotatable bonds is 40. The fourth-order valence-corrected chi connectivity index (χ4v) is 17.7. The molecule has 3 amide bonds. The minimum atomic E-state index is -3.79. The summed E-state index contributed by atoms with van der Waals surface area (Å²) in [7, 11) is -3.79. The number of ether oxygens (including phenoxy) is 11. The van der Waals surface area contributed by atoms with E-state index in [2.05, 4.69) is 38.9 Å². The molecule has 4 N–H and O–H groups in total. The van der Waals surface area contributed by atoms with Crippen molar-refractivity contribution in [1.82, 2.24) is 14.5 Å². The quantitative estimate of drug-likeness (QED) is 0.0120. The lowest BCUT2D eigenvalue weighted by Crippen LogP contribution is -2.46. The molecule has 0 unspecified atom stereocenters. The largest absolute Gasteiger partial charge is 0.508 e. The molecule has 4 heterocycles. The number of halogens is 2. The van der Waals surface area contributed by atoms with E-state index >= 15 is 0 Å². The third kappa shape index (κ3) is 34.0. The number of hydrogen-bond acceptors (Lipinski definition) is 21. The standard InChI is InChI=1S/C53H63FN2O9.C40H47FN2O6.C19H23NO6S/c1-36(2)49-48(51(59)55-41-17-12-9-13-18-41)47(38-22-26-42(27-23-38)61-32-31-60-30-14-19-45(57)62-35-37-15-10-8-11-16-37)50(39-20-24-40(54)25-21-39)56(49)29-28-43-33-44(64-53(6,7)63-43)34-46(58)65-52(3,4)5;1-25(2)36-35(38(46)42-29-11-9-8-10-12-29)34(26-15-19-30(44)20-16-26)37(27-13-17-28(41)18-14-27)43(36)22-21-31-23-32(48-40(6,7)47-31)24-33(45)49-39(3,4)5;1-16-7-9-18(10-8-16)27(22,23)26-14-13-24-12-11-20-19(21)25-15-17-5-3-2-4-6-17/h8-13,15-18,20-27,36,43-44H,14,19,28-35H2,1-7H3,(H,55,59);8-20,25,31-32,44H,21-24H2,1-7H3,(H,42,46);2-10H,11-15H2,1H3,(H,20,21)/t43-,44-;31-,32-;/m11./s1. The van der Waals surface area contributed by atoms with Gasteiger partial charge in [0, 0.05) is 79.4 Å². The fraction of sp³-hybridized carbons (Fsp3) is 0.393. The molecule has 11 aromatic rings. The van der Waals surface area contributed by atoms with Crippen LogP contribution in [0.4, 0.5) is 25.0 Å². The van der Waals surface area contributed by atoms with Crippen LogP contribution >= 0.6 is 0 Å². The van der Waals surface area contributed by atoms with Crippen molar-refractivity contribution in [1.29, 1.82) is 0 Å². The number of phenolic OH excluding ortho intramolecular Hbond substituents is 1. The highest BCUT2D eigenvalue weighted by Gasteiger charge is 2.41. The minimum absolute atomic E-state index is 0.0891. The number of benzene rings is 9. The lowest BCUT2D eigenvalue weighted by Gasteiger charge is -2.41. The van der Waals surface area contributed by atoms with Gasteiger partial charge in [0.1, 0.15) is 54.2 Å². The van der Waals surface area contributed by atoms with E-state index in [1.165, 1.54) is 36.4 Å². The summed E-state index contributed by atoms with van der Waals surface area (Å²) in [5.74, 6) is -3.59. The van der Waals surface area contributed by atoms with Crippen molar-refractivity contribution in [2.75, 3.05) is 56.8 Å². The maximum atomic E-state index is 14.7. The molecule has 752 valence electrons. The van der Waals surface area contributed by atoms with Gasteiger partial charge in [0.05, 0.1) is 91.1 Å². The Labute approximate surface area is 826 Å². The topological polar surface area (TPSA) is 313 Å². The third-order valence-corrected chi connectivity index (χ3v) is 23.8. The number of para-hydroxylation sites is 2. The van der Waals surface area contributed by atoms with E-state index in [-0.39, 0.29) is 135 Å². The van der Waals surface area contributed by atoms with Gasteiger partial charge < -0.3 is 82.3 Å². The van der Waals surface area contributed by atoms with Gasteiger partial charge in [0.2, 0.25) is 0 Å². The van der Waals surface area contributed by atoms with E-state index in [0.29, 0.717) is 104 Å². The summed E-state index contributed by atoms with van der Waals surface area (Å²) in [6.07, 6.45) is 1.13. The Hall–Kier alpha value is -12.7. The number of nitrogens with zero attached hydrogens (tertiary/aromatic N) is 2. The second-order valence-electron chi connectivity index (χ2n) is 38.1. The predicted octanol–water partition coefficient (Wildman–Crippen LogP) is 23.0. The molecule has 4 atom stereocenters. The van der Waals surface area contributed by atoms with Gasteiger partial charge in [-0.3, -0.25) is 28.2 Å². The van der Waals surface area contributed by atoms with Crippen molar-refractivity contribution in [3.05, 3.63) is 293 Å². The minimum Gasteiger partial charge on any atom is -0.508 e. The summed E-state index contributed by atoms with van der Waals surface area (Å²) in [5.41, 5.74) is 11.4. The number of phenols is 1. The Balaban J connectivity index is 0.000000219.